The van der Waals surface area contributed by atoms with Crippen LogP contribution < -0.4 is 15.4 Å². The molecule has 3 rings (SSSR count). The van der Waals surface area contributed by atoms with E-state index >= 15 is 0 Å². The predicted octanol–water partition coefficient (Wildman–Crippen LogP) is 7.24. The van der Waals surface area contributed by atoms with Crippen molar-refractivity contribution in [2.24, 2.45) is 0 Å². The monoisotopic (exact) mass is 651 g/mol. The number of hydrogen-bond donors (Lipinski definition) is 1. The van der Waals surface area contributed by atoms with E-state index in [1.54, 1.807) is 26.4 Å². The van der Waals surface area contributed by atoms with Crippen molar-refractivity contribution < 1.29 is 18.3 Å². The van der Waals surface area contributed by atoms with Crippen molar-refractivity contribution in [2.75, 3.05) is 73.4 Å². The number of carbonyl (C=O) groups is 1. The van der Waals surface area contributed by atoms with E-state index in [0.29, 0.717) is 37.5 Å². The van der Waals surface area contributed by atoms with Crippen LogP contribution in [0.25, 0.3) is 11.1 Å². The van der Waals surface area contributed by atoms with Gasteiger partial charge in [-0.1, -0.05) is 38.4 Å². The van der Waals surface area contributed by atoms with E-state index in [9.17, 15) is 13.6 Å². The number of benzene rings is 1. The van der Waals surface area contributed by atoms with Crippen molar-refractivity contribution >= 4 is 29.1 Å². The van der Waals surface area contributed by atoms with Gasteiger partial charge in [0, 0.05) is 67.1 Å². The third kappa shape index (κ3) is 10.5. The Hall–Kier alpha value is -3.57. The molecule has 0 fully saturated rings. The molecule has 3 aromatic rings. The first-order chi connectivity index (χ1) is 21.4. The van der Waals surface area contributed by atoms with Gasteiger partial charge in [-0.15, -0.1) is 0 Å². The standard InChI is InChI=1S/C29H40ClN7O2.C2H6.2CH3F/c1-10-39-26-21(19(4)37(9)28-24(17(2)15-35(5)6)27(31)33-16-34-28)13-22(30)18(3)25(26)20-11-12-23(32-14-20)29(38)36(7)8;3*1-2/h11-14,16-17,19H,10,15H2,1-9H3,(H2,31,33,34);1-2H3;2*1H3. The highest BCUT2D eigenvalue weighted by Gasteiger charge is 2.27. The number of nitrogens with zero attached hydrogens (tertiary/aromatic N) is 6. The van der Waals surface area contributed by atoms with Crippen molar-refractivity contribution in [3.8, 4) is 16.9 Å². The van der Waals surface area contributed by atoms with Gasteiger partial charge in [-0.05, 0) is 52.6 Å². The summed E-state index contributed by atoms with van der Waals surface area (Å²) in [7, 11) is 10.5. The predicted molar refractivity (Wildman–Crippen MR) is 184 cm³/mol. The Bertz CT molecular complexity index is 1330. The fourth-order valence-electron chi connectivity index (χ4n) is 4.78. The van der Waals surface area contributed by atoms with Crippen LogP contribution in [-0.4, -0.2) is 93.4 Å². The summed E-state index contributed by atoms with van der Waals surface area (Å²) in [6.07, 6.45) is 3.20. The lowest BCUT2D eigenvalue weighted by atomic mass is 9.93. The number of ether oxygens (including phenoxy) is 1. The van der Waals surface area contributed by atoms with Crippen molar-refractivity contribution in [3.63, 3.8) is 0 Å². The second-order valence-electron chi connectivity index (χ2n) is 10.3. The minimum absolute atomic E-state index is 0.115. The summed E-state index contributed by atoms with van der Waals surface area (Å²) in [5.74, 6) is 1.91. The maximum Gasteiger partial charge on any atom is 0.271 e. The number of halogens is 3. The Balaban J connectivity index is 0.00000304. The van der Waals surface area contributed by atoms with Crippen molar-refractivity contribution in [1.82, 2.24) is 24.8 Å². The average Bonchev–Trinajstić information content (AvgIpc) is 3.04. The highest BCUT2D eigenvalue weighted by atomic mass is 35.5. The zero-order valence-electron chi connectivity index (χ0n) is 29.2. The minimum Gasteiger partial charge on any atom is -0.493 e. The molecule has 0 aliphatic rings. The van der Waals surface area contributed by atoms with Gasteiger partial charge < -0.3 is 25.2 Å². The molecule has 2 aromatic heterocycles. The third-order valence-corrected chi connectivity index (χ3v) is 7.25. The lowest BCUT2D eigenvalue weighted by Gasteiger charge is -2.32. The first-order valence-electron chi connectivity index (χ1n) is 14.8. The molecule has 45 heavy (non-hydrogen) atoms. The zero-order valence-corrected chi connectivity index (χ0v) is 29.9. The van der Waals surface area contributed by atoms with E-state index in [0.717, 1.165) is 45.9 Å². The molecule has 252 valence electrons. The number of rotatable bonds is 10. The van der Waals surface area contributed by atoms with Crippen molar-refractivity contribution in [2.45, 2.75) is 53.5 Å². The topological polar surface area (TPSA) is 101 Å². The van der Waals surface area contributed by atoms with Gasteiger partial charge in [0.1, 0.15) is 29.4 Å². The largest absolute Gasteiger partial charge is 0.493 e. The number of alkyl halides is 2. The van der Waals surface area contributed by atoms with Crippen LogP contribution in [0.1, 0.15) is 73.8 Å². The summed E-state index contributed by atoms with van der Waals surface area (Å²) in [6.45, 7) is 13.4. The summed E-state index contributed by atoms with van der Waals surface area (Å²) in [5.41, 5.74) is 11.1. The lowest BCUT2D eigenvalue weighted by molar-refractivity contribution is 0.0822. The van der Waals surface area contributed by atoms with Gasteiger partial charge >= 0.3 is 0 Å². The number of carbonyl (C=O) groups excluding carboxylic acids is 1. The van der Waals surface area contributed by atoms with Crippen LogP contribution in [0.2, 0.25) is 5.02 Å². The molecule has 1 amide bonds. The van der Waals surface area contributed by atoms with Gasteiger partial charge in [0.2, 0.25) is 0 Å². The second-order valence-corrected chi connectivity index (χ2v) is 10.7. The number of nitrogen functional groups attached to an aromatic ring is 1. The summed E-state index contributed by atoms with van der Waals surface area (Å²) < 4.78 is 25.3. The number of pyridine rings is 1. The summed E-state index contributed by atoms with van der Waals surface area (Å²) in [6, 6.07) is 5.39. The van der Waals surface area contributed by atoms with Crippen LogP contribution in [-0.2, 0) is 0 Å². The Labute approximate surface area is 273 Å². The van der Waals surface area contributed by atoms with E-state index in [1.165, 1.54) is 11.2 Å². The molecular formula is C33H52ClF2N7O2. The molecule has 12 heteroatoms. The molecule has 0 spiro atoms. The maximum atomic E-state index is 12.4. The quantitative estimate of drug-likeness (QED) is 0.245. The van der Waals surface area contributed by atoms with E-state index in [-0.39, 0.29) is 17.9 Å². The van der Waals surface area contributed by atoms with E-state index < -0.39 is 0 Å². The summed E-state index contributed by atoms with van der Waals surface area (Å²) in [5, 5.41) is 0.612. The Morgan fingerprint density at radius 2 is 1.62 bits per heavy atom. The minimum atomic E-state index is -0.175. The van der Waals surface area contributed by atoms with Gasteiger partial charge in [0.25, 0.3) is 5.91 Å². The highest BCUT2D eigenvalue weighted by Crippen LogP contribution is 2.44. The molecule has 0 saturated heterocycles. The van der Waals surface area contributed by atoms with E-state index in [2.05, 4.69) is 38.6 Å². The smallest absolute Gasteiger partial charge is 0.271 e. The van der Waals surface area contributed by atoms with Gasteiger partial charge in [-0.2, -0.15) is 0 Å². The molecular weight excluding hydrogens is 600 g/mol. The fraction of sp³-hybridized carbons (Fsp3) is 0.515. The van der Waals surface area contributed by atoms with Crippen molar-refractivity contribution in [1.29, 1.82) is 0 Å². The van der Waals surface area contributed by atoms with E-state index in [4.69, 9.17) is 22.1 Å². The summed E-state index contributed by atoms with van der Waals surface area (Å²) >= 11 is 6.82. The molecule has 0 aliphatic heterocycles. The average molecular weight is 652 g/mol. The molecule has 0 bridgehead atoms. The number of hydrogen-bond acceptors (Lipinski definition) is 8. The number of amides is 1. The normalized spacial score (nSPS) is 11.5. The molecule has 2 heterocycles. The first kappa shape index (κ1) is 41.4. The molecule has 2 atom stereocenters. The molecule has 2 N–H and O–H groups in total. The van der Waals surface area contributed by atoms with Gasteiger partial charge in [0.05, 0.1) is 27.0 Å². The molecule has 0 aliphatic carbocycles. The lowest BCUT2D eigenvalue weighted by Crippen LogP contribution is -2.27. The van der Waals surface area contributed by atoms with Gasteiger partial charge in [0.15, 0.2) is 0 Å². The van der Waals surface area contributed by atoms with E-state index in [1.807, 2.05) is 61.0 Å². The Kier molecular flexibility index (Phi) is 18.8. The van der Waals surface area contributed by atoms with Crippen LogP contribution in [0.15, 0.2) is 30.7 Å². The van der Waals surface area contributed by atoms with Crippen LogP contribution in [0.4, 0.5) is 20.4 Å². The number of nitrogens with two attached hydrogens (primary N) is 1. The molecule has 0 radical (unpaired) electrons. The van der Waals surface area contributed by atoms with Gasteiger partial charge in [-0.25, -0.2) is 9.97 Å². The Morgan fingerprint density at radius 1 is 1.02 bits per heavy atom. The summed E-state index contributed by atoms with van der Waals surface area (Å²) in [4.78, 5) is 31.5. The molecule has 2 unspecified atom stereocenters. The number of likely N-dealkylation sites (N-methyl/N-ethyl adjacent to an activating group) is 1. The number of anilines is 2. The van der Waals surface area contributed by atoms with Crippen LogP contribution >= 0.6 is 11.6 Å². The molecule has 1 aromatic carbocycles. The van der Waals surface area contributed by atoms with Crippen molar-refractivity contribution in [3.05, 3.63) is 58.1 Å². The highest BCUT2D eigenvalue weighted by molar-refractivity contribution is 6.32. The molecule has 0 saturated carbocycles. The SMILES string of the molecule is CC.CCOc1c(C(C)N(C)c2ncnc(N)c2C(C)CN(C)C)cc(Cl)c(C)c1-c1ccc(C(=O)N(C)C)nc1.CF.CF. The van der Waals surface area contributed by atoms with Gasteiger partial charge in [-0.3, -0.25) is 18.6 Å². The number of aromatic nitrogens is 3. The third-order valence-electron chi connectivity index (χ3n) is 6.86. The van der Waals surface area contributed by atoms with Crippen LogP contribution in [0.3, 0.4) is 0 Å². The van der Waals surface area contributed by atoms with Crippen LogP contribution in [0.5, 0.6) is 5.75 Å². The maximum absolute atomic E-state index is 12.4. The Morgan fingerprint density at radius 3 is 2.11 bits per heavy atom. The zero-order chi connectivity index (χ0) is 35.0. The first-order valence-corrected chi connectivity index (χ1v) is 15.1. The fourth-order valence-corrected chi connectivity index (χ4v) is 5.00. The van der Waals surface area contributed by atoms with Crippen LogP contribution in [0, 0.1) is 6.92 Å². The molecule has 9 nitrogen and oxygen atoms in total. The second kappa shape index (κ2) is 20.5.